The molecule has 1 unspecified atom stereocenters. The molecule has 6 nitrogen and oxygen atoms in total. The van der Waals surface area contributed by atoms with Crippen LogP contribution in [0, 0.1) is 0 Å². The highest BCUT2D eigenvalue weighted by molar-refractivity contribution is 8.14. The van der Waals surface area contributed by atoms with Crippen LogP contribution in [-0.2, 0) is 14.4 Å². The van der Waals surface area contributed by atoms with Gasteiger partial charge >= 0.3 is 12.1 Å². The van der Waals surface area contributed by atoms with Crippen LogP contribution >= 0.6 is 23.5 Å². The van der Waals surface area contributed by atoms with Gasteiger partial charge in [0.1, 0.15) is 0 Å². The highest BCUT2D eigenvalue weighted by atomic mass is 32.2. The summed E-state index contributed by atoms with van der Waals surface area (Å²) in [5, 5.41) is 0.645. The van der Waals surface area contributed by atoms with E-state index in [1.54, 1.807) is 6.08 Å². The number of piperidine rings is 1. The maximum absolute atomic E-state index is 12.3. The molecule has 0 radical (unpaired) electrons. The predicted octanol–water partition coefficient (Wildman–Crippen LogP) is 2.30. The molecule has 23 heavy (non-hydrogen) atoms. The Morgan fingerprint density at radius 1 is 1.52 bits per heavy atom. The van der Waals surface area contributed by atoms with Gasteiger partial charge in [0, 0.05) is 18.7 Å². The number of nitrogens with zero attached hydrogens (tertiary/aromatic N) is 3. The van der Waals surface area contributed by atoms with Crippen molar-refractivity contribution < 1.29 is 27.6 Å². The Morgan fingerprint density at radius 2 is 2.26 bits per heavy atom. The molecule has 0 amide bonds. The second-order valence-electron chi connectivity index (χ2n) is 4.68. The molecule has 1 aromatic heterocycles. The van der Waals surface area contributed by atoms with E-state index in [1.165, 1.54) is 13.1 Å². The minimum Gasteiger partial charge on any atom is -0.360 e. The Kier molecular flexibility index (Phi) is 5.76. The zero-order chi connectivity index (χ0) is 17.0. The van der Waals surface area contributed by atoms with Crippen molar-refractivity contribution in [2.45, 2.75) is 24.8 Å². The Balaban J connectivity index is 2.12. The van der Waals surface area contributed by atoms with Crippen LogP contribution in [0.15, 0.2) is 11.8 Å². The summed E-state index contributed by atoms with van der Waals surface area (Å²) >= 11 is 2.08. The number of hydrogen-bond acceptors (Lipinski definition) is 8. The lowest BCUT2D eigenvalue weighted by atomic mass is 10.0. The van der Waals surface area contributed by atoms with Crippen molar-refractivity contribution >= 4 is 40.7 Å². The molecule has 1 atom stereocenters. The van der Waals surface area contributed by atoms with E-state index in [1.807, 2.05) is 0 Å². The van der Waals surface area contributed by atoms with Crippen molar-refractivity contribution in [1.82, 2.24) is 13.8 Å². The van der Waals surface area contributed by atoms with Gasteiger partial charge in [-0.25, -0.2) is 4.79 Å². The third-order valence-corrected chi connectivity index (χ3v) is 4.52. The van der Waals surface area contributed by atoms with Gasteiger partial charge in [0.05, 0.1) is 30.2 Å². The summed E-state index contributed by atoms with van der Waals surface area (Å²) in [6.45, 7) is 1.51. The van der Waals surface area contributed by atoms with E-state index < -0.39 is 12.1 Å². The molecule has 11 heteroatoms. The van der Waals surface area contributed by atoms with E-state index >= 15 is 0 Å². The molecule has 2 rings (SSSR count). The second kappa shape index (κ2) is 7.41. The van der Waals surface area contributed by atoms with Gasteiger partial charge in [-0.1, -0.05) is 11.8 Å². The van der Waals surface area contributed by atoms with Crippen LogP contribution < -0.4 is 0 Å². The fourth-order valence-corrected chi connectivity index (χ4v) is 3.29. The first-order valence-electron chi connectivity index (χ1n) is 6.45. The maximum Gasteiger partial charge on any atom is 0.492 e. The fourth-order valence-electron chi connectivity index (χ4n) is 1.98. The maximum atomic E-state index is 12.3. The number of alkyl halides is 3. The number of aromatic nitrogens is 2. The fraction of sp³-hybridized carbons (Fsp3) is 0.500. The smallest absolute Gasteiger partial charge is 0.360 e. The van der Waals surface area contributed by atoms with E-state index in [9.17, 15) is 22.8 Å². The van der Waals surface area contributed by atoms with Crippen molar-refractivity contribution in [3.05, 3.63) is 17.5 Å². The van der Waals surface area contributed by atoms with Gasteiger partial charge in [-0.3, -0.25) is 4.79 Å². The molecule has 1 aromatic rings. The molecule has 0 bridgehead atoms. The van der Waals surface area contributed by atoms with E-state index in [-0.39, 0.29) is 23.5 Å². The van der Waals surface area contributed by atoms with Crippen molar-refractivity contribution in [2.24, 2.45) is 0 Å². The third kappa shape index (κ3) is 5.29. The number of carbonyl (C=O) groups excluding carboxylic acids is 2. The highest BCUT2D eigenvalue weighted by Gasteiger charge is 2.43. The normalized spacial score (nSPS) is 21.4. The molecule has 0 saturated carbocycles. The average Bonchev–Trinajstić information content (AvgIpc) is 2.93. The molecular weight excluding hydrogens is 355 g/mol. The number of hydrogen-bond donors (Lipinski definition) is 0. The number of thioether (sulfide) groups is 1. The van der Waals surface area contributed by atoms with E-state index in [2.05, 4.69) is 13.6 Å². The molecule has 1 saturated heterocycles. The Bertz CT molecular complexity index is 604. The predicted molar refractivity (Wildman–Crippen MR) is 78.3 cm³/mol. The number of hydroxylamine groups is 2. The summed E-state index contributed by atoms with van der Waals surface area (Å²) in [4.78, 5) is 26.6. The minimum atomic E-state index is -5.05. The lowest BCUT2D eigenvalue weighted by molar-refractivity contribution is -0.238. The summed E-state index contributed by atoms with van der Waals surface area (Å²) in [6, 6.07) is 0. The first-order valence-corrected chi connectivity index (χ1v) is 8.06. The van der Waals surface area contributed by atoms with Crippen LogP contribution in [0.3, 0.4) is 0 Å². The van der Waals surface area contributed by atoms with Gasteiger partial charge in [-0.2, -0.15) is 21.9 Å². The monoisotopic (exact) mass is 367 g/mol. The third-order valence-electron chi connectivity index (χ3n) is 2.88. The molecule has 0 N–H and O–H groups in total. The van der Waals surface area contributed by atoms with E-state index in [0.29, 0.717) is 17.7 Å². The van der Waals surface area contributed by atoms with Gasteiger partial charge in [0.25, 0.3) is 0 Å². The van der Waals surface area contributed by atoms with Gasteiger partial charge in [0.15, 0.2) is 5.12 Å². The molecule has 0 aliphatic carbocycles. The van der Waals surface area contributed by atoms with Crippen LogP contribution in [0.4, 0.5) is 13.2 Å². The average molecular weight is 367 g/mol. The first-order chi connectivity index (χ1) is 10.8. The topological polar surface area (TPSA) is 72.4 Å². The molecule has 126 valence electrons. The number of halogens is 3. The van der Waals surface area contributed by atoms with Gasteiger partial charge in [-0.05, 0) is 18.1 Å². The van der Waals surface area contributed by atoms with Crippen LogP contribution in [-0.4, -0.2) is 49.4 Å². The van der Waals surface area contributed by atoms with Crippen LogP contribution in [0.2, 0.25) is 0 Å². The number of carbonyl (C=O) groups is 2. The molecule has 2 heterocycles. The van der Waals surface area contributed by atoms with Crippen LogP contribution in [0.5, 0.6) is 0 Å². The van der Waals surface area contributed by atoms with Crippen molar-refractivity contribution in [3.8, 4) is 0 Å². The largest absolute Gasteiger partial charge is 0.492 e. The van der Waals surface area contributed by atoms with Crippen molar-refractivity contribution in [1.29, 1.82) is 0 Å². The van der Waals surface area contributed by atoms with E-state index in [4.69, 9.17) is 0 Å². The molecule has 1 aliphatic rings. The highest BCUT2D eigenvalue weighted by Crippen LogP contribution is 2.30. The summed E-state index contributed by atoms with van der Waals surface area (Å²) < 4.78 is 44.7. The molecule has 1 aliphatic heterocycles. The van der Waals surface area contributed by atoms with Crippen LogP contribution in [0.1, 0.15) is 19.0 Å². The first kappa shape index (κ1) is 17.9. The Hall–Kier alpha value is -1.46. The van der Waals surface area contributed by atoms with Gasteiger partial charge in [-0.15, -0.1) is 5.06 Å². The zero-order valence-electron chi connectivity index (χ0n) is 11.9. The minimum absolute atomic E-state index is 0.0235. The number of rotatable bonds is 3. The second-order valence-corrected chi connectivity index (χ2v) is 6.61. The molecule has 0 aromatic carbocycles. The summed E-state index contributed by atoms with van der Waals surface area (Å²) in [7, 11) is 0. The molecule has 0 spiro atoms. The van der Waals surface area contributed by atoms with Gasteiger partial charge < -0.3 is 4.84 Å². The standard InChI is InChI=1S/C12H12F3N3O3S2/c1-7(19)22-10-2-3-18(21-11(20)12(13,14)15)6-8(10)4-9-5-16-23-17-9/h4-5,10H,2-3,6H2,1H3/b8-4+. The van der Waals surface area contributed by atoms with Crippen molar-refractivity contribution in [2.75, 3.05) is 13.1 Å². The quantitative estimate of drug-likeness (QED) is 0.812. The van der Waals surface area contributed by atoms with Crippen molar-refractivity contribution in [3.63, 3.8) is 0 Å². The summed E-state index contributed by atoms with van der Waals surface area (Å²) in [6.07, 6.45) is -1.52. The summed E-state index contributed by atoms with van der Waals surface area (Å²) in [5.41, 5.74) is 1.20. The van der Waals surface area contributed by atoms with Gasteiger partial charge in [0.2, 0.25) is 0 Å². The zero-order valence-corrected chi connectivity index (χ0v) is 13.5. The Morgan fingerprint density at radius 3 is 2.83 bits per heavy atom. The summed E-state index contributed by atoms with van der Waals surface area (Å²) in [5.74, 6) is -2.26. The lowest BCUT2D eigenvalue weighted by Crippen LogP contribution is -2.41. The van der Waals surface area contributed by atoms with E-state index in [0.717, 1.165) is 28.6 Å². The molecule has 1 fully saturated rings. The lowest BCUT2D eigenvalue weighted by Gasteiger charge is -2.32. The SMILES string of the molecule is CC(=O)SC1CCN(OC(=O)C(F)(F)F)C/C1=C\c1cnsn1. The molecular formula is C12H12F3N3O3S2. The van der Waals surface area contributed by atoms with Crippen LogP contribution in [0.25, 0.3) is 6.08 Å². The Labute approximate surface area is 138 Å².